The van der Waals surface area contributed by atoms with E-state index in [0.29, 0.717) is 0 Å². The largest absolute Gasteiger partial charge is 0.478 e. The second-order valence-electron chi connectivity index (χ2n) is 5.75. The summed E-state index contributed by atoms with van der Waals surface area (Å²) in [7, 11) is 0. The van der Waals surface area contributed by atoms with E-state index in [2.05, 4.69) is 10.6 Å². The van der Waals surface area contributed by atoms with Crippen LogP contribution in [-0.2, 0) is 0 Å². The summed E-state index contributed by atoms with van der Waals surface area (Å²) in [5.41, 5.74) is -0.0154. The highest BCUT2D eigenvalue weighted by molar-refractivity contribution is 6.09. The standard InChI is InChI=1S/C18H15FN2O4/c19-14-9-10(18(24)25)5-8-12(14)16(22)21-15-4-2-1-3-13(15)17(23)20-11-6-7-11/h1-5,8-9,11H,6-7H2,(H,20,23)(H,21,22)(H,24,25). The highest BCUT2D eigenvalue weighted by Crippen LogP contribution is 2.22. The number of rotatable bonds is 5. The van der Waals surface area contributed by atoms with Gasteiger partial charge in [-0.1, -0.05) is 12.1 Å². The van der Waals surface area contributed by atoms with Crippen molar-refractivity contribution < 1.29 is 23.9 Å². The fourth-order valence-corrected chi connectivity index (χ4v) is 2.30. The monoisotopic (exact) mass is 342 g/mol. The van der Waals surface area contributed by atoms with E-state index in [-0.39, 0.29) is 34.3 Å². The number of carboxylic acids is 1. The Morgan fingerprint density at radius 3 is 2.36 bits per heavy atom. The van der Waals surface area contributed by atoms with Crippen LogP contribution in [0.5, 0.6) is 0 Å². The maximum absolute atomic E-state index is 14.0. The highest BCUT2D eigenvalue weighted by Gasteiger charge is 2.25. The molecule has 0 unspecified atom stereocenters. The van der Waals surface area contributed by atoms with Gasteiger partial charge in [0.05, 0.1) is 22.4 Å². The highest BCUT2D eigenvalue weighted by atomic mass is 19.1. The fraction of sp³-hybridized carbons (Fsp3) is 0.167. The van der Waals surface area contributed by atoms with E-state index in [1.165, 1.54) is 0 Å². The number of carbonyl (C=O) groups excluding carboxylic acids is 2. The van der Waals surface area contributed by atoms with Crippen molar-refractivity contribution in [2.45, 2.75) is 18.9 Å². The quantitative estimate of drug-likeness (QED) is 0.778. The lowest BCUT2D eigenvalue weighted by molar-refractivity contribution is 0.0695. The minimum atomic E-state index is -1.28. The first-order valence-corrected chi connectivity index (χ1v) is 7.70. The molecule has 0 heterocycles. The van der Waals surface area contributed by atoms with Gasteiger partial charge in [-0.25, -0.2) is 9.18 Å². The maximum Gasteiger partial charge on any atom is 0.335 e. The van der Waals surface area contributed by atoms with E-state index in [1.807, 2.05) is 0 Å². The first-order chi connectivity index (χ1) is 12.0. The zero-order chi connectivity index (χ0) is 18.0. The molecule has 7 heteroatoms. The van der Waals surface area contributed by atoms with Crippen molar-refractivity contribution in [3.05, 3.63) is 65.0 Å². The molecule has 6 nitrogen and oxygen atoms in total. The number of carbonyl (C=O) groups is 3. The molecule has 1 aliphatic rings. The Hall–Kier alpha value is -3.22. The third kappa shape index (κ3) is 3.82. The summed E-state index contributed by atoms with van der Waals surface area (Å²) < 4.78 is 14.0. The predicted octanol–water partition coefficient (Wildman–Crippen LogP) is 2.67. The van der Waals surface area contributed by atoms with Crippen molar-refractivity contribution in [1.82, 2.24) is 5.32 Å². The van der Waals surface area contributed by atoms with Gasteiger partial charge < -0.3 is 15.7 Å². The molecule has 1 aliphatic carbocycles. The topological polar surface area (TPSA) is 95.5 Å². The third-order valence-electron chi connectivity index (χ3n) is 3.79. The molecule has 3 N–H and O–H groups in total. The molecule has 0 bridgehead atoms. The molecule has 0 aromatic heterocycles. The van der Waals surface area contributed by atoms with Crippen LogP contribution in [0.2, 0.25) is 0 Å². The molecule has 2 aromatic carbocycles. The average Bonchev–Trinajstić information content (AvgIpc) is 3.38. The van der Waals surface area contributed by atoms with E-state index in [0.717, 1.165) is 31.0 Å². The average molecular weight is 342 g/mol. The summed E-state index contributed by atoms with van der Waals surface area (Å²) in [5, 5.41) is 14.2. The van der Waals surface area contributed by atoms with Crippen LogP contribution < -0.4 is 10.6 Å². The summed E-state index contributed by atoms with van der Waals surface area (Å²) in [6, 6.07) is 9.61. The molecule has 0 saturated heterocycles. The number of benzene rings is 2. The van der Waals surface area contributed by atoms with Crippen molar-refractivity contribution in [2.24, 2.45) is 0 Å². The Bertz CT molecular complexity index is 862. The van der Waals surface area contributed by atoms with Crippen molar-refractivity contribution in [3.63, 3.8) is 0 Å². The molecule has 1 saturated carbocycles. The molecule has 0 atom stereocenters. The van der Waals surface area contributed by atoms with Gasteiger partial charge in [-0.2, -0.15) is 0 Å². The summed E-state index contributed by atoms with van der Waals surface area (Å²) in [5.74, 6) is -3.30. The van der Waals surface area contributed by atoms with E-state index >= 15 is 0 Å². The molecule has 25 heavy (non-hydrogen) atoms. The Kier molecular flexibility index (Phi) is 4.47. The molecule has 128 valence electrons. The summed E-state index contributed by atoms with van der Waals surface area (Å²) in [6.07, 6.45) is 1.86. The van der Waals surface area contributed by atoms with Crippen LogP contribution in [0.3, 0.4) is 0 Å². The number of anilines is 1. The summed E-state index contributed by atoms with van der Waals surface area (Å²) in [6.45, 7) is 0. The first kappa shape index (κ1) is 16.6. The fourth-order valence-electron chi connectivity index (χ4n) is 2.30. The lowest BCUT2D eigenvalue weighted by Gasteiger charge is -2.11. The van der Waals surface area contributed by atoms with Gasteiger partial charge in [0.15, 0.2) is 0 Å². The van der Waals surface area contributed by atoms with Crippen molar-refractivity contribution >= 4 is 23.5 Å². The lowest BCUT2D eigenvalue weighted by Crippen LogP contribution is -2.27. The number of amides is 2. The number of carboxylic acid groups (broad SMARTS) is 1. The van der Waals surface area contributed by atoms with Crippen molar-refractivity contribution in [2.75, 3.05) is 5.32 Å². The number of halogens is 1. The van der Waals surface area contributed by atoms with Gasteiger partial charge in [0, 0.05) is 6.04 Å². The molecule has 0 radical (unpaired) electrons. The van der Waals surface area contributed by atoms with Crippen molar-refractivity contribution in [1.29, 1.82) is 0 Å². The molecular formula is C18H15FN2O4. The molecule has 2 amide bonds. The van der Waals surface area contributed by atoms with Gasteiger partial charge in [0.1, 0.15) is 5.82 Å². The Balaban J connectivity index is 1.81. The second kappa shape index (κ2) is 6.72. The minimum Gasteiger partial charge on any atom is -0.478 e. The third-order valence-corrected chi connectivity index (χ3v) is 3.79. The molecular weight excluding hydrogens is 327 g/mol. The van der Waals surface area contributed by atoms with Gasteiger partial charge in [-0.3, -0.25) is 9.59 Å². The molecule has 3 rings (SSSR count). The maximum atomic E-state index is 14.0. The van der Waals surface area contributed by atoms with E-state index in [1.54, 1.807) is 24.3 Å². The van der Waals surface area contributed by atoms with Gasteiger partial charge in [-0.05, 0) is 43.2 Å². The Labute approximate surface area is 142 Å². The van der Waals surface area contributed by atoms with Crippen molar-refractivity contribution in [3.8, 4) is 0 Å². The normalized spacial score (nSPS) is 13.2. The van der Waals surface area contributed by atoms with Gasteiger partial charge >= 0.3 is 5.97 Å². The van der Waals surface area contributed by atoms with Crippen LogP contribution in [0, 0.1) is 5.82 Å². The summed E-state index contributed by atoms with van der Waals surface area (Å²) in [4.78, 5) is 35.3. The minimum absolute atomic E-state index is 0.164. The first-order valence-electron chi connectivity index (χ1n) is 7.70. The zero-order valence-electron chi connectivity index (χ0n) is 13.1. The number of hydrogen-bond acceptors (Lipinski definition) is 3. The van der Waals surface area contributed by atoms with E-state index in [4.69, 9.17) is 5.11 Å². The number of aromatic carboxylic acids is 1. The number of para-hydroxylation sites is 1. The van der Waals surface area contributed by atoms with Gasteiger partial charge in [0.2, 0.25) is 0 Å². The van der Waals surface area contributed by atoms with Crippen LogP contribution in [0.15, 0.2) is 42.5 Å². The summed E-state index contributed by atoms with van der Waals surface area (Å²) >= 11 is 0. The predicted molar refractivity (Wildman–Crippen MR) is 88.2 cm³/mol. The van der Waals surface area contributed by atoms with E-state index < -0.39 is 17.7 Å². The number of nitrogens with one attached hydrogen (secondary N) is 2. The van der Waals surface area contributed by atoms with Crippen LogP contribution in [0.25, 0.3) is 0 Å². The van der Waals surface area contributed by atoms with Gasteiger partial charge in [0.25, 0.3) is 11.8 Å². The molecule has 0 aliphatic heterocycles. The van der Waals surface area contributed by atoms with Crippen LogP contribution in [0.1, 0.15) is 43.9 Å². The lowest BCUT2D eigenvalue weighted by atomic mass is 10.1. The smallest absolute Gasteiger partial charge is 0.335 e. The van der Waals surface area contributed by atoms with Crippen LogP contribution >= 0.6 is 0 Å². The SMILES string of the molecule is O=C(O)c1ccc(C(=O)Nc2ccccc2C(=O)NC2CC2)c(F)c1. The van der Waals surface area contributed by atoms with Crippen LogP contribution in [-0.4, -0.2) is 28.9 Å². The Morgan fingerprint density at radius 1 is 1.00 bits per heavy atom. The zero-order valence-corrected chi connectivity index (χ0v) is 13.1. The second-order valence-corrected chi connectivity index (χ2v) is 5.75. The molecule has 0 spiro atoms. The molecule has 2 aromatic rings. The molecule has 1 fully saturated rings. The number of hydrogen-bond donors (Lipinski definition) is 3. The van der Waals surface area contributed by atoms with Gasteiger partial charge in [-0.15, -0.1) is 0 Å². The Morgan fingerprint density at radius 2 is 1.72 bits per heavy atom. The van der Waals surface area contributed by atoms with Crippen LogP contribution in [0.4, 0.5) is 10.1 Å². The van der Waals surface area contributed by atoms with E-state index in [9.17, 15) is 18.8 Å².